The summed E-state index contributed by atoms with van der Waals surface area (Å²) >= 11 is 0. The van der Waals surface area contributed by atoms with Crippen LogP contribution in [0.15, 0.2) is 0 Å². The fourth-order valence-electron chi connectivity index (χ4n) is 2.27. The predicted octanol–water partition coefficient (Wildman–Crippen LogP) is 1.59. The van der Waals surface area contributed by atoms with Gasteiger partial charge in [0.15, 0.2) is 0 Å². The number of carboxylic acids is 1. The van der Waals surface area contributed by atoms with Gasteiger partial charge in [0.1, 0.15) is 0 Å². The van der Waals surface area contributed by atoms with Gasteiger partial charge in [-0.3, -0.25) is 14.4 Å². The molecule has 0 aromatic carbocycles. The third-order valence-electron chi connectivity index (χ3n) is 4.21. The van der Waals surface area contributed by atoms with Crippen LogP contribution in [0.4, 0.5) is 0 Å². The van der Waals surface area contributed by atoms with Crippen molar-refractivity contribution in [2.24, 2.45) is 5.41 Å². The van der Waals surface area contributed by atoms with Gasteiger partial charge in [-0.25, -0.2) is 0 Å². The normalized spacial score (nSPS) is 11.1. The largest absolute Gasteiger partial charge is 0.481 e. The van der Waals surface area contributed by atoms with Crippen molar-refractivity contribution in [1.82, 2.24) is 9.80 Å². The van der Waals surface area contributed by atoms with E-state index in [1.54, 1.807) is 25.8 Å². The van der Waals surface area contributed by atoms with Gasteiger partial charge >= 0.3 is 5.97 Å². The lowest BCUT2D eigenvalue weighted by atomic mass is 9.79. The monoisotopic (exact) mass is 300 g/mol. The van der Waals surface area contributed by atoms with Crippen molar-refractivity contribution in [2.45, 2.75) is 47.0 Å². The molecule has 0 spiro atoms. The summed E-state index contributed by atoms with van der Waals surface area (Å²) in [7, 11) is 1.54. The number of nitrogens with zero attached hydrogens (tertiary/aromatic N) is 2. The molecular weight excluding hydrogens is 272 g/mol. The maximum absolute atomic E-state index is 12.2. The molecule has 6 heteroatoms. The van der Waals surface area contributed by atoms with E-state index in [4.69, 9.17) is 0 Å². The molecule has 21 heavy (non-hydrogen) atoms. The van der Waals surface area contributed by atoms with Crippen LogP contribution in [0.1, 0.15) is 47.0 Å². The van der Waals surface area contributed by atoms with Crippen molar-refractivity contribution in [2.75, 3.05) is 26.7 Å². The van der Waals surface area contributed by atoms with E-state index in [-0.39, 0.29) is 24.8 Å². The van der Waals surface area contributed by atoms with Gasteiger partial charge in [-0.05, 0) is 26.7 Å². The second-order valence-corrected chi connectivity index (χ2v) is 5.29. The smallest absolute Gasteiger partial charge is 0.310 e. The van der Waals surface area contributed by atoms with Crippen LogP contribution in [0.3, 0.4) is 0 Å². The minimum absolute atomic E-state index is 0.0103. The van der Waals surface area contributed by atoms with E-state index in [1.165, 1.54) is 4.90 Å². The highest BCUT2D eigenvalue weighted by molar-refractivity contribution is 5.88. The summed E-state index contributed by atoms with van der Waals surface area (Å²) in [6, 6.07) is 0. The average molecular weight is 300 g/mol. The highest BCUT2D eigenvalue weighted by Crippen LogP contribution is 2.31. The number of carbonyl (C=O) groups is 3. The third-order valence-corrected chi connectivity index (χ3v) is 4.21. The van der Waals surface area contributed by atoms with Crippen molar-refractivity contribution in [3.8, 4) is 0 Å². The highest BCUT2D eigenvalue weighted by atomic mass is 16.4. The Hall–Kier alpha value is -1.59. The number of amides is 2. The van der Waals surface area contributed by atoms with Crippen LogP contribution in [0.25, 0.3) is 0 Å². The van der Waals surface area contributed by atoms with E-state index in [0.29, 0.717) is 25.9 Å². The van der Waals surface area contributed by atoms with Gasteiger partial charge in [-0.2, -0.15) is 0 Å². The first-order valence-electron chi connectivity index (χ1n) is 7.53. The molecule has 0 bridgehead atoms. The Morgan fingerprint density at radius 2 is 1.43 bits per heavy atom. The van der Waals surface area contributed by atoms with Gasteiger partial charge in [-0.15, -0.1) is 0 Å². The number of carboxylic acid groups (broad SMARTS) is 1. The molecule has 0 aromatic rings. The molecule has 122 valence electrons. The van der Waals surface area contributed by atoms with Gasteiger partial charge in [0.25, 0.3) is 0 Å². The first-order valence-corrected chi connectivity index (χ1v) is 7.53. The minimum atomic E-state index is -1.04. The van der Waals surface area contributed by atoms with Crippen molar-refractivity contribution >= 4 is 17.8 Å². The fourth-order valence-corrected chi connectivity index (χ4v) is 2.27. The summed E-state index contributed by atoms with van der Waals surface area (Å²) in [5, 5.41) is 9.35. The quantitative estimate of drug-likeness (QED) is 0.701. The Balaban J connectivity index is 4.79. The summed E-state index contributed by atoms with van der Waals surface area (Å²) in [5.41, 5.74) is -1.04. The van der Waals surface area contributed by atoms with Crippen LogP contribution in [0.2, 0.25) is 0 Å². The number of rotatable bonds is 9. The fraction of sp³-hybridized carbons (Fsp3) is 0.800. The molecule has 0 aliphatic rings. The maximum Gasteiger partial charge on any atom is 0.310 e. The number of aliphatic carboxylic acids is 1. The summed E-state index contributed by atoms with van der Waals surface area (Å²) in [6.07, 6.45) is 0.710. The van der Waals surface area contributed by atoms with Crippen LogP contribution in [0, 0.1) is 5.41 Å². The molecule has 0 aromatic heterocycles. The van der Waals surface area contributed by atoms with Crippen molar-refractivity contribution in [3.05, 3.63) is 0 Å². The van der Waals surface area contributed by atoms with Crippen LogP contribution >= 0.6 is 0 Å². The zero-order valence-corrected chi connectivity index (χ0v) is 13.8. The second kappa shape index (κ2) is 8.64. The lowest BCUT2D eigenvalue weighted by Crippen LogP contribution is -2.43. The van der Waals surface area contributed by atoms with Crippen LogP contribution in [-0.2, 0) is 14.4 Å². The molecule has 6 nitrogen and oxygen atoms in total. The molecular formula is C15H28N2O4. The van der Waals surface area contributed by atoms with Gasteiger partial charge in [0.05, 0.1) is 12.0 Å². The Morgan fingerprint density at radius 1 is 0.952 bits per heavy atom. The average Bonchev–Trinajstić information content (AvgIpc) is 2.45. The van der Waals surface area contributed by atoms with E-state index in [1.807, 2.05) is 13.8 Å². The Kier molecular flexibility index (Phi) is 7.99. The van der Waals surface area contributed by atoms with E-state index < -0.39 is 11.4 Å². The number of hydrogen-bond acceptors (Lipinski definition) is 3. The van der Waals surface area contributed by atoms with Crippen molar-refractivity contribution in [3.63, 3.8) is 0 Å². The molecule has 0 radical (unpaired) electrons. The Labute approximate surface area is 127 Å². The second-order valence-electron chi connectivity index (χ2n) is 5.29. The summed E-state index contributed by atoms with van der Waals surface area (Å²) < 4.78 is 0. The van der Waals surface area contributed by atoms with Crippen LogP contribution in [0.5, 0.6) is 0 Å². The molecule has 0 saturated heterocycles. The Morgan fingerprint density at radius 3 is 1.76 bits per heavy atom. The molecule has 0 aliphatic heterocycles. The first kappa shape index (κ1) is 19.4. The predicted molar refractivity (Wildman–Crippen MR) is 80.8 cm³/mol. The van der Waals surface area contributed by atoms with Crippen LogP contribution in [-0.4, -0.2) is 59.4 Å². The third kappa shape index (κ3) is 5.02. The highest BCUT2D eigenvalue weighted by Gasteiger charge is 2.38. The van der Waals surface area contributed by atoms with E-state index >= 15 is 0 Å². The standard InChI is InChI=1S/C15H28N2O4/c1-6-15(7-2,14(20)21)10-12(18)16(5)11-13(19)17(8-3)9-4/h6-11H2,1-5H3,(H,20,21). The molecule has 1 N–H and O–H groups in total. The lowest BCUT2D eigenvalue weighted by Gasteiger charge is -2.29. The van der Waals surface area contributed by atoms with Gasteiger partial charge in [0.2, 0.25) is 11.8 Å². The SMILES string of the molecule is CCN(CC)C(=O)CN(C)C(=O)CC(CC)(CC)C(=O)O. The molecule has 0 unspecified atom stereocenters. The van der Waals surface area contributed by atoms with Crippen LogP contribution < -0.4 is 0 Å². The molecule has 0 atom stereocenters. The van der Waals surface area contributed by atoms with E-state index in [2.05, 4.69) is 0 Å². The molecule has 0 rings (SSSR count). The first-order chi connectivity index (χ1) is 9.77. The number of carbonyl (C=O) groups excluding carboxylic acids is 2. The summed E-state index contributed by atoms with van der Waals surface area (Å²) in [6.45, 7) is 8.49. The van der Waals surface area contributed by atoms with Gasteiger partial charge in [-0.1, -0.05) is 13.8 Å². The van der Waals surface area contributed by atoms with Crippen molar-refractivity contribution < 1.29 is 19.5 Å². The van der Waals surface area contributed by atoms with Gasteiger partial charge < -0.3 is 14.9 Å². The molecule has 0 aliphatic carbocycles. The molecule has 0 fully saturated rings. The van der Waals surface area contributed by atoms with Crippen molar-refractivity contribution in [1.29, 1.82) is 0 Å². The Bertz CT molecular complexity index is 374. The summed E-state index contributed by atoms with van der Waals surface area (Å²) in [4.78, 5) is 38.6. The molecule has 2 amide bonds. The molecule has 0 saturated carbocycles. The zero-order chi connectivity index (χ0) is 16.6. The number of likely N-dealkylation sites (N-methyl/N-ethyl adjacent to an activating group) is 2. The lowest BCUT2D eigenvalue weighted by molar-refractivity contribution is -0.154. The topological polar surface area (TPSA) is 77.9 Å². The minimum Gasteiger partial charge on any atom is -0.481 e. The van der Waals surface area contributed by atoms with Gasteiger partial charge in [0, 0.05) is 26.6 Å². The van der Waals surface area contributed by atoms with E-state index in [9.17, 15) is 19.5 Å². The van der Waals surface area contributed by atoms with E-state index in [0.717, 1.165) is 0 Å². The summed E-state index contributed by atoms with van der Waals surface area (Å²) in [5.74, 6) is -1.38. The zero-order valence-electron chi connectivity index (χ0n) is 13.8. The maximum atomic E-state index is 12.2. The molecule has 0 heterocycles. The number of hydrogen-bond donors (Lipinski definition) is 1.